The van der Waals surface area contributed by atoms with Crippen LogP contribution in [0.15, 0.2) is 29.2 Å². The van der Waals surface area contributed by atoms with E-state index in [0.29, 0.717) is 10.8 Å². The first-order chi connectivity index (χ1) is 9.83. The van der Waals surface area contributed by atoms with Gasteiger partial charge in [0.25, 0.3) is 0 Å². The maximum absolute atomic E-state index is 11.4. The Morgan fingerprint density at radius 1 is 1.04 bits per heavy atom. The first-order valence-electron chi connectivity index (χ1n) is 6.93. The van der Waals surface area contributed by atoms with Crippen LogP contribution >= 0.6 is 0 Å². The molecule has 0 atom stereocenters. The second-order valence-electron chi connectivity index (χ2n) is 5.65. The predicted molar refractivity (Wildman–Crippen MR) is 103 cm³/mol. The molecule has 0 aliphatic carbocycles. The number of hydrogen-bond donors (Lipinski definition) is 1. The van der Waals surface area contributed by atoms with Crippen molar-refractivity contribution in [2.45, 2.75) is 73.0 Å². The first-order valence-corrected chi connectivity index (χ1v) is 8.82. The van der Waals surface area contributed by atoms with Crippen molar-refractivity contribution in [1.29, 1.82) is 0 Å². The number of halogens is 3. The molecule has 0 unspecified atom stereocenters. The van der Waals surface area contributed by atoms with Gasteiger partial charge in [-0.2, -0.15) is 13.2 Å². The van der Waals surface area contributed by atoms with E-state index in [4.69, 9.17) is 0 Å². The summed E-state index contributed by atoms with van der Waals surface area (Å²) in [7, 11) is -3.06. The largest absolute Gasteiger partial charge is 0.401 e. The van der Waals surface area contributed by atoms with E-state index in [-0.39, 0.29) is 61.0 Å². The fraction of sp³-hybridized carbons (Fsp3) is 0.667. The number of alkyl halides is 3. The number of hydrogen-bond acceptors (Lipinski definition) is 3. The Morgan fingerprint density at radius 3 is 1.77 bits per heavy atom. The van der Waals surface area contributed by atoms with Crippen LogP contribution in [0, 0.1) is 0 Å². The van der Waals surface area contributed by atoms with Gasteiger partial charge in [0.1, 0.15) is 0 Å². The molecule has 0 aliphatic heterocycles. The van der Waals surface area contributed by atoms with Crippen LogP contribution in [0.2, 0.25) is 0 Å². The molecule has 0 aromatic heterocycles. The van der Waals surface area contributed by atoms with Gasteiger partial charge in [0, 0.05) is 45.0 Å². The summed E-state index contributed by atoms with van der Waals surface area (Å²) in [5.41, 5.74) is 1.06. The summed E-state index contributed by atoms with van der Waals surface area (Å²) < 4.78 is 56.5. The Hall–Kier alpha value is 0.0239. The van der Waals surface area contributed by atoms with E-state index >= 15 is 0 Å². The second-order valence-corrected chi connectivity index (χ2v) is 7.67. The zero-order chi connectivity index (χ0) is 17.6. The minimum absolute atomic E-state index is 0. The van der Waals surface area contributed by atoms with Crippen LogP contribution in [0.1, 0.15) is 61.5 Å². The van der Waals surface area contributed by atoms with Gasteiger partial charge in [-0.25, -0.2) is 8.42 Å². The molecule has 1 aromatic rings. The molecule has 0 heterocycles. The summed E-state index contributed by atoms with van der Waals surface area (Å²) in [5.74, 6) is 0.363. The van der Waals surface area contributed by atoms with Crippen molar-refractivity contribution in [2.75, 3.05) is 12.8 Å². The van der Waals surface area contributed by atoms with Gasteiger partial charge < -0.3 is 5.32 Å². The molecule has 155 valence electrons. The summed E-state index contributed by atoms with van der Waals surface area (Å²) >= 11 is 0. The monoisotopic (exact) mass is 476 g/mol. The molecule has 1 aromatic carbocycles. The first kappa shape index (κ1) is 36.9. The maximum Gasteiger partial charge on any atom is 0.401 e. The third-order valence-electron chi connectivity index (χ3n) is 2.66. The third kappa shape index (κ3) is 18.8. The minimum atomic E-state index is -4.08. The van der Waals surface area contributed by atoms with E-state index in [0.717, 1.165) is 5.56 Å². The standard InChI is InChI=1S/C10H14O2S.C5H10F3N.3CH4.Y/c1-8(2)9-5-4-6-10(7-9)13(3,11)12;1-4(2)9-3-5(6,7)8;;;;/h4-8H,1-3H3;4,9H,3H2,1-2H3;3*1H4;. The quantitative estimate of drug-likeness (QED) is 0.610. The molecular weight excluding hydrogens is 440 g/mol. The van der Waals surface area contributed by atoms with E-state index in [2.05, 4.69) is 5.32 Å². The van der Waals surface area contributed by atoms with E-state index in [1.807, 2.05) is 19.9 Å². The van der Waals surface area contributed by atoms with Gasteiger partial charge in [-0.05, 0) is 23.6 Å². The summed E-state index contributed by atoms with van der Waals surface area (Å²) in [6, 6.07) is 6.98. The number of benzene rings is 1. The predicted octanol–water partition coefficient (Wildman–Crippen LogP) is 5.67. The van der Waals surface area contributed by atoms with Crippen LogP contribution in [-0.2, 0) is 42.5 Å². The van der Waals surface area contributed by atoms with Crippen molar-refractivity contribution in [3.8, 4) is 0 Å². The smallest absolute Gasteiger partial charge is 0.306 e. The van der Waals surface area contributed by atoms with Crippen LogP contribution in [0.4, 0.5) is 13.2 Å². The maximum atomic E-state index is 11.4. The van der Waals surface area contributed by atoms with Gasteiger partial charge in [0.05, 0.1) is 11.4 Å². The summed E-state index contributed by atoms with van der Waals surface area (Å²) in [4.78, 5) is 0.402. The third-order valence-corrected chi connectivity index (χ3v) is 3.77. The van der Waals surface area contributed by atoms with Crippen molar-refractivity contribution in [2.24, 2.45) is 0 Å². The molecule has 3 nitrogen and oxygen atoms in total. The van der Waals surface area contributed by atoms with Crippen molar-refractivity contribution < 1.29 is 54.3 Å². The zero-order valence-corrected chi connectivity index (χ0v) is 17.8. The van der Waals surface area contributed by atoms with Gasteiger partial charge in [-0.3, -0.25) is 0 Å². The van der Waals surface area contributed by atoms with Crippen LogP contribution in [0.3, 0.4) is 0 Å². The summed E-state index contributed by atoms with van der Waals surface area (Å²) in [6.45, 7) is 6.53. The van der Waals surface area contributed by atoms with E-state index < -0.39 is 22.6 Å². The van der Waals surface area contributed by atoms with Gasteiger partial charge in [0.2, 0.25) is 0 Å². The topological polar surface area (TPSA) is 46.2 Å². The van der Waals surface area contributed by atoms with Gasteiger partial charge in [-0.15, -0.1) is 0 Å². The Bertz CT molecular complexity index is 560. The number of sulfone groups is 1. The van der Waals surface area contributed by atoms with E-state index in [1.165, 1.54) is 6.26 Å². The SMILES string of the molecule is C.C.C.CC(C)NCC(F)(F)F.CC(C)c1cccc(S(C)(=O)=O)c1.[Y]. The molecule has 8 heteroatoms. The molecule has 1 N–H and O–H groups in total. The molecule has 0 saturated carbocycles. The van der Waals surface area contributed by atoms with Crippen LogP contribution in [0.5, 0.6) is 0 Å². The van der Waals surface area contributed by atoms with Crippen LogP contribution < -0.4 is 5.32 Å². The molecule has 1 radical (unpaired) electrons. The van der Waals surface area contributed by atoms with E-state index in [1.54, 1.807) is 32.0 Å². The fourth-order valence-electron chi connectivity index (χ4n) is 1.42. The molecule has 1 rings (SSSR count). The Labute approximate surface area is 184 Å². The summed E-state index contributed by atoms with van der Waals surface area (Å²) in [5, 5.41) is 2.26. The van der Waals surface area contributed by atoms with E-state index in [9.17, 15) is 21.6 Å². The number of rotatable bonds is 4. The molecule has 0 aliphatic rings. The van der Waals surface area contributed by atoms with Crippen LogP contribution in [-0.4, -0.2) is 33.4 Å². The van der Waals surface area contributed by atoms with Crippen molar-refractivity contribution in [1.82, 2.24) is 5.32 Å². The molecule has 0 saturated heterocycles. The van der Waals surface area contributed by atoms with Crippen molar-refractivity contribution in [3.05, 3.63) is 29.8 Å². The second kappa shape index (κ2) is 16.0. The van der Waals surface area contributed by atoms with Gasteiger partial charge >= 0.3 is 6.18 Å². The summed E-state index contributed by atoms with van der Waals surface area (Å²) in [6.07, 6.45) is -2.85. The average Bonchev–Trinajstić information content (AvgIpc) is 2.35. The Kier molecular flexibility index (Phi) is 22.7. The van der Waals surface area contributed by atoms with Crippen molar-refractivity contribution in [3.63, 3.8) is 0 Å². The van der Waals surface area contributed by atoms with Crippen LogP contribution in [0.25, 0.3) is 0 Å². The fourth-order valence-corrected chi connectivity index (χ4v) is 2.10. The molecule has 26 heavy (non-hydrogen) atoms. The van der Waals surface area contributed by atoms with Gasteiger partial charge in [-0.1, -0.05) is 62.1 Å². The molecule has 0 fully saturated rings. The minimum Gasteiger partial charge on any atom is -0.306 e. The van der Waals surface area contributed by atoms with Gasteiger partial charge in [0.15, 0.2) is 9.84 Å². The molecule has 0 bridgehead atoms. The van der Waals surface area contributed by atoms with Crippen molar-refractivity contribution >= 4 is 9.84 Å². The number of nitrogens with one attached hydrogen (secondary N) is 1. The molecule has 0 spiro atoms. The Morgan fingerprint density at radius 2 is 1.50 bits per heavy atom. The normalized spacial score (nSPS) is 10.4. The molecule has 0 amide bonds. The zero-order valence-electron chi connectivity index (χ0n) is 14.1. The Balaban J connectivity index is -0.000000103. The average molecular weight is 476 g/mol. The molecular formula is C18H36F3NO2SY.